The summed E-state index contributed by atoms with van der Waals surface area (Å²) < 4.78 is 0. The molecule has 0 fully saturated rings. The van der Waals surface area contributed by atoms with E-state index >= 15 is 0 Å². The number of rotatable bonds is 5. The van der Waals surface area contributed by atoms with E-state index in [2.05, 4.69) is 169 Å². The quantitative estimate of drug-likeness (QED) is 0.200. The average molecular weight is 600 g/mol. The van der Waals surface area contributed by atoms with Crippen LogP contribution in [0.3, 0.4) is 0 Å². The number of fused-ring (bicyclic) bond motifs is 4. The molecule has 0 aliphatic carbocycles. The van der Waals surface area contributed by atoms with Gasteiger partial charge in [-0.05, 0) is 55.8 Å². The molecule has 0 radical (unpaired) electrons. The molecule has 47 heavy (non-hydrogen) atoms. The van der Waals surface area contributed by atoms with Crippen LogP contribution in [0.25, 0.3) is 88.6 Å². The summed E-state index contributed by atoms with van der Waals surface area (Å²) in [5.74, 6) is 0.722. The molecule has 1 N–H and O–H groups in total. The van der Waals surface area contributed by atoms with Gasteiger partial charge in [-0.15, -0.1) is 0 Å². The fraction of sp³-hybridized carbons (Fsp3) is 0. The van der Waals surface area contributed by atoms with E-state index in [1.54, 1.807) is 0 Å². The van der Waals surface area contributed by atoms with Crippen LogP contribution in [0.15, 0.2) is 170 Å². The van der Waals surface area contributed by atoms with E-state index in [1.807, 2.05) is 6.07 Å². The molecule has 220 valence electrons. The van der Waals surface area contributed by atoms with Crippen LogP contribution < -0.4 is 0 Å². The second-order valence-electron chi connectivity index (χ2n) is 11.9. The normalized spacial score (nSPS) is 11.4. The lowest BCUT2D eigenvalue weighted by Gasteiger charge is -2.13. The monoisotopic (exact) mass is 599 g/mol. The fourth-order valence-electron chi connectivity index (χ4n) is 6.69. The molecule has 0 atom stereocenters. The predicted molar refractivity (Wildman–Crippen MR) is 196 cm³/mol. The van der Waals surface area contributed by atoms with Crippen molar-refractivity contribution in [2.24, 2.45) is 0 Å². The Balaban J connectivity index is 1.12. The topological polar surface area (TPSA) is 41.6 Å². The molecule has 9 aromatic rings. The minimum Gasteiger partial charge on any atom is -0.360 e. The zero-order valence-corrected chi connectivity index (χ0v) is 25.6. The minimum absolute atomic E-state index is 0.722. The summed E-state index contributed by atoms with van der Waals surface area (Å²) >= 11 is 0. The molecule has 0 amide bonds. The van der Waals surface area contributed by atoms with Crippen LogP contribution in [-0.4, -0.2) is 15.0 Å². The van der Waals surface area contributed by atoms with Crippen molar-refractivity contribution in [1.29, 1.82) is 0 Å². The van der Waals surface area contributed by atoms with E-state index in [9.17, 15) is 0 Å². The Morgan fingerprint density at radius 1 is 0.362 bits per heavy atom. The highest BCUT2D eigenvalue weighted by Crippen LogP contribution is 2.36. The highest BCUT2D eigenvalue weighted by Gasteiger charge is 2.15. The van der Waals surface area contributed by atoms with Gasteiger partial charge in [-0.3, -0.25) is 0 Å². The van der Waals surface area contributed by atoms with Crippen LogP contribution in [0.2, 0.25) is 0 Å². The van der Waals surface area contributed by atoms with Crippen molar-refractivity contribution < 1.29 is 0 Å². The first-order valence-electron chi connectivity index (χ1n) is 15.9. The number of benzene rings is 7. The molecule has 0 unspecified atom stereocenters. The molecule has 0 bridgehead atoms. The van der Waals surface area contributed by atoms with Crippen LogP contribution in [0.1, 0.15) is 0 Å². The van der Waals surface area contributed by atoms with E-state index in [-0.39, 0.29) is 0 Å². The van der Waals surface area contributed by atoms with Gasteiger partial charge in [-0.1, -0.05) is 152 Å². The van der Waals surface area contributed by atoms with Gasteiger partial charge in [-0.25, -0.2) is 9.97 Å². The Bertz CT molecular complexity index is 2540. The molecule has 2 heterocycles. The second kappa shape index (κ2) is 11.2. The van der Waals surface area contributed by atoms with Crippen molar-refractivity contribution in [2.75, 3.05) is 0 Å². The van der Waals surface area contributed by atoms with Crippen molar-refractivity contribution in [3.63, 3.8) is 0 Å². The molecule has 0 saturated carbocycles. The van der Waals surface area contributed by atoms with Gasteiger partial charge in [0.15, 0.2) is 5.82 Å². The van der Waals surface area contributed by atoms with E-state index in [0.717, 1.165) is 50.5 Å². The van der Waals surface area contributed by atoms with Gasteiger partial charge >= 0.3 is 0 Å². The van der Waals surface area contributed by atoms with Gasteiger partial charge < -0.3 is 4.98 Å². The number of aromatic nitrogens is 3. The smallest absolute Gasteiger partial charge is 0.161 e. The molecule has 9 rings (SSSR count). The van der Waals surface area contributed by atoms with Gasteiger partial charge in [0.2, 0.25) is 0 Å². The van der Waals surface area contributed by atoms with Crippen molar-refractivity contribution in [1.82, 2.24) is 15.0 Å². The first-order valence-corrected chi connectivity index (χ1v) is 15.9. The van der Waals surface area contributed by atoms with Gasteiger partial charge in [0, 0.05) is 28.3 Å². The Kier molecular flexibility index (Phi) is 6.46. The fourth-order valence-corrected chi connectivity index (χ4v) is 6.69. The molecular weight excluding hydrogens is 571 g/mol. The lowest BCUT2D eigenvalue weighted by molar-refractivity contribution is 1.19. The third-order valence-electron chi connectivity index (χ3n) is 9.09. The molecule has 0 aliphatic heterocycles. The van der Waals surface area contributed by atoms with Gasteiger partial charge in [-0.2, -0.15) is 0 Å². The van der Waals surface area contributed by atoms with E-state index in [1.165, 1.54) is 38.1 Å². The standard InChI is InChI=1S/C44H29N3/c1-2-10-31(11-3-1)41-27-42(47-44(46-41)40-26-34-12-4-6-14-36(34)38-16-8-9-17-39(38)40)32-22-18-29(19-23-32)30-20-24-33(25-21-30)43-37-15-7-5-13-35(37)28-45-43/h1-28,45H. The summed E-state index contributed by atoms with van der Waals surface area (Å²) in [7, 11) is 0. The highest BCUT2D eigenvalue weighted by molar-refractivity contribution is 6.13. The minimum atomic E-state index is 0.722. The second-order valence-corrected chi connectivity index (χ2v) is 11.9. The average Bonchev–Trinajstić information content (AvgIpc) is 3.59. The van der Waals surface area contributed by atoms with E-state index < -0.39 is 0 Å². The number of aromatic amines is 1. The summed E-state index contributed by atoms with van der Waals surface area (Å²) in [6, 6.07) is 57.7. The van der Waals surface area contributed by atoms with Crippen LogP contribution in [0.5, 0.6) is 0 Å². The Labute approximate surface area is 272 Å². The summed E-state index contributed by atoms with van der Waals surface area (Å²) in [6.45, 7) is 0. The van der Waals surface area contributed by atoms with Crippen molar-refractivity contribution in [3.05, 3.63) is 170 Å². The summed E-state index contributed by atoms with van der Waals surface area (Å²) in [5, 5.41) is 7.22. The maximum atomic E-state index is 5.21. The molecule has 3 nitrogen and oxygen atoms in total. The van der Waals surface area contributed by atoms with Gasteiger partial charge in [0.25, 0.3) is 0 Å². The van der Waals surface area contributed by atoms with E-state index in [4.69, 9.17) is 9.97 Å². The van der Waals surface area contributed by atoms with Crippen LogP contribution in [0.4, 0.5) is 0 Å². The third kappa shape index (κ3) is 4.86. The summed E-state index contributed by atoms with van der Waals surface area (Å²) in [4.78, 5) is 13.8. The number of hydrogen-bond donors (Lipinski definition) is 1. The summed E-state index contributed by atoms with van der Waals surface area (Å²) in [6.07, 6.45) is 2.07. The van der Waals surface area contributed by atoms with Gasteiger partial charge in [0.05, 0.1) is 17.1 Å². The molecule has 2 aromatic heterocycles. The van der Waals surface area contributed by atoms with Crippen LogP contribution >= 0.6 is 0 Å². The Morgan fingerprint density at radius 2 is 0.872 bits per heavy atom. The number of nitrogens with one attached hydrogen (secondary N) is 1. The number of H-pyrrole nitrogens is 1. The maximum Gasteiger partial charge on any atom is 0.161 e. The van der Waals surface area contributed by atoms with E-state index in [0.29, 0.717) is 0 Å². The first kappa shape index (κ1) is 27.0. The summed E-state index contributed by atoms with van der Waals surface area (Å²) in [5.41, 5.74) is 9.60. The zero-order valence-electron chi connectivity index (χ0n) is 25.6. The van der Waals surface area contributed by atoms with Crippen LogP contribution in [-0.2, 0) is 0 Å². The van der Waals surface area contributed by atoms with Crippen molar-refractivity contribution >= 4 is 32.3 Å². The Morgan fingerprint density at radius 3 is 1.57 bits per heavy atom. The lowest BCUT2D eigenvalue weighted by Crippen LogP contribution is -1.97. The lowest BCUT2D eigenvalue weighted by atomic mass is 9.96. The van der Waals surface area contributed by atoms with Crippen molar-refractivity contribution in [3.8, 4) is 56.3 Å². The largest absolute Gasteiger partial charge is 0.360 e. The molecule has 0 spiro atoms. The third-order valence-corrected chi connectivity index (χ3v) is 9.09. The SMILES string of the molecule is c1ccc(-c2cc(-c3ccc(-c4ccc(-c5[nH]cc6ccccc56)cc4)cc3)nc(-c3cc4ccccc4c4ccccc34)n2)cc1. The molecule has 7 aromatic carbocycles. The maximum absolute atomic E-state index is 5.21. The molecule has 0 saturated heterocycles. The Hall–Kier alpha value is -6.32. The van der Waals surface area contributed by atoms with Crippen molar-refractivity contribution in [2.45, 2.75) is 0 Å². The highest BCUT2D eigenvalue weighted by atomic mass is 14.9. The molecule has 3 heteroatoms. The predicted octanol–water partition coefficient (Wildman–Crippen LogP) is 11.6. The first-order chi connectivity index (χ1) is 23.3. The van der Waals surface area contributed by atoms with Crippen LogP contribution in [0, 0.1) is 0 Å². The molecule has 0 aliphatic rings. The number of nitrogens with zero attached hydrogens (tertiary/aromatic N) is 2. The molecular formula is C44H29N3. The number of hydrogen-bond acceptors (Lipinski definition) is 2. The van der Waals surface area contributed by atoms with Gasteiger partial charge in [0.1, 0.15) is 0 Å². The zero-order chi connectivity index (χ0) is 31.2.